The van der Waals surface area contributed by atoms with Crippen molar-refractivity contribution in [3.8, 4) is 5.75 Å². The van der Waals surface area contributed by atoms with Gasteiger partial charge in [0.05, 0.1) is 7.11 Å². The molecule has 0 radical (unpaired) electrons. The molecular weight excluding hydrogens is 244 g/mol. The zero-order chi connectivity index (χ0) is 11.4. The molecule has 1 aliphatic carbocycles. The third kappa shape index (κ3) is 2.80. The molecule has 0 atom stereocenters. The predicted molar refractivity (Wildman–Crippen MR) is 66.3 cm³/mol. The van der Waals surface area contributed by atoms with Gasteiger partial charge in [0.2, 0.25) is 0 Å². The van der Waals surface area contributed by atoms with E-state index < -0.39 is 0 Å². The molecule has 2 rings (SSSR count). The van der Waals surface area contributed by atoms with Crippen molar-refractivity contribution >= 4 is 23.4 Å². The van der Waals surface area contributed by atoms with Crippen molar-refractivity contribution in [3.05, 3.63) is 11.5 Å². The molecule has 1 saturated carbocycles. The number of methoxy groups -OCH3 is 1. The van der Waals surface area contributed by atoms with Gasteiger partial charge in [-0.05, 0) is 12.8 Å². The van der Waals surface area contributed by atoms with Crippen LogP contribution >= 0.6 is 23.4 Å². The van der Waals surface area contributed by atoms with Crippen LogP contribution in [0.15, 0.2) is 11.4 Å². The molecule has 5 heteroatoms. The Morgan fingerprint density at radius 3 is 2.75 bits per heavy atom. The minimum Gasteiger partial charge on any atom is -0.491 e. The van der Waals surface area contributed by atoms with Crippen LogP contribution in [0.3, 0.4) is 0 Å². The number of aromatic nitrogens is 2. The molecule has 0 amide bonds. The molecule has 0 saturated heterocycles. The summed E-state index contributed by atoms with van der Waals surface area (Å²) in [5, 5.41) is 1.92. The smallest absolute Gasteiger partial charge is 0.188 e. The van der Waals surface area contributed by atoms with Gasteiger partial charge in [-0.15, -0.1) is 0 Å². The van der Waals surface area contributed by atoms with Gasteiger partial charge >= 0.3 is 0 Å². The SMILES string of the molecule is COc1c(Cl)ncnc1SC1CCCCC1. The molecule has 1 fully saturated rings. The molecular formula is C11H15ClN2OS. The maximum Gasteiger partial charge on any atom is 0.188 e. The number of ether oxygens (including phenoxy) is 1. The van der Waals surface area contributed by atoms with E-state index in [1.807, 2.05) is 0 Å². The molecule has 0 spiro atoms. The van der Waals surface area contributed by atoms with Crippen LogP contribution in [-0.2, 0) is 0 Å². The number of halogens is 1. The average Bonchev–Trinajstić information content (AvgIpc) is 2.31. The highest BCUT2D eigenvalue weighted by atomic mass is 35.5. The fraction of sp³-hybridized carbons (Fsp3) is 0.636. The van der Waals surface area contributed by atoms with Gasteiger partial charge < -0.3 is 4.74 Å². The van der Waals surface area contributed by atoms with E-state index in [0.29, 0.717) is 16.2 Å². The van der Waals surface area contributed by atoms with Gasteiger partial charge in [0.1, 0.15) is 11.4 Å². The van der Waals surface area contributed by atoms with E-state index in [0.717, 1.165) is 5.03 Å². The van der Waals surface area contributed by atoms with Crippen LogP contribution in [0.5, 0.6) is 5.75 Å². The summed E-state index contributed by atoms with van der Waals surface area (Å²) in [7, 11) is 1.61. The first-order valence-electron chi connectivity index (χ1n) is 5.52. The van der Waals surface area contributed by atoms with Crippen LogP contribution < -0.4 is 4.74 Å². The number of rotatable bonds is 3. The van der Waals surface area contributed by atoms with Gasteiger partial charge in [-0.25, -0.2) is 9.97 Å². The van der Waals surface area contributed by atoms with E-state index in [4.69, 9.17) is 16.3 Å². The highest BCUT2D eigenvalue weighted by Crippen LogP contribution is 2.38. The van der Waals surface area contributed by atoms with Crippen molar-refractivity contribution < 1.29 is 4.74 Å². The number of hydrogen-bond donors (Lipinski definition) is 0. The topological polar surface area (TPSA) is 35.0 Å². The lowest BCUT2D eigenvalue weighted by atomic mass is 10.0. The molecule has 88 valence electrons. The summed E-state index contributed by atoms with van der Waals surface area (Å²) < 4.78 is 5.24. The third-order valence-corrected chi connectivity index (χ3v) is 4.35. The molecule has 0 bridgehead atoms. The van der Waals surface area contributed by atoms with Gasteiger partial charge in [0.15, 0.2) is 10.9 Å². The highest BCUT2D eigenvalue weighted by Gasteiger charge is 2.19. The zero-order valence-electron chi connectivity index (χ0n) is 9.28. The molecule has 0 N–H and O–H groups in total. The van der Waals surface area contributed by atoms with Gasteiger partial charge in [-0.1, -0.05) is 42.6 Å². The Kier molecular flexibility index (Phi) is 4.29. The Morgan fingerprint density at radius 1 is 1.31 bits per heavy atom. The van der Waals surface area contributed by atoms with Crippen LogP contribution in [0, 0.1) is 0 Å². The lowest BCUT2D eigenvalue weighted by Gasteiger charge is -2.21. The molecule has 3 nitrogen and oxygen atoms in total. The Bertz CT molecular complexity index is 356. The van der Waals surface area contributed by atoms with E-state index >= 15 is 0 Å². The number of nitrogens with zero attached hydrogens (tertiary/aromatic N) is 2. The van der Waals surface area contributed by atoms with Gasteiger partial charge in [-0.3, -0.25) is 0 Å². The maximum atomic E-state index is 5.96. The average molecular weight is 259 g/mol. The van der Waals surface area contributed by atoms with E-state index in [-0.39, 0.29) is 0 Å². The van der Waals surface area contributed by atoms with Crippen LogP contribution in [0.1, 0.15) is 32.1 Å². The van der Waals surface area contributed by atoms with Crippen LogP contribution in [-0.4, -0.2) is 22.3 Å². The Morgan fingerprint density at radius 2 is 2.06 bits per heavy atom. The fourth-order valence-electron chi connectivity index (χ4n) is 1.93. The molecule has 0 unspecified atom stereocenters. The fourth-order valence-corrected chi connectivity index (χ4v) is 3.48. The summed E-state index contributed by atoms with van der Waals surface area (Å²) >= 11 is 7.73. The molecule has 1 aromatic rings. The quantitative estimate of drug-likeness (QED) is 0.777. The second-order valence-corrected chi connectivity index (χ2v) is 5.53. The molecule has 0 aliphatic heterocycles. The Balaban J connectivity index is 2.10. The predicted octanol–water partition coefficient (Wildman–Crippen LogP) is 3.56. The summed E-state index contributed by atoms with van der Waals surface area (Å²) in [6, 6.07) is 0. The van der Waals surface area contributed by atoms with Crippen molar-refractivity contribution in [2.24, 2.45) is 0 Å². The Hall–Kier alpha value is -0.480. The van der Waals surface area contributed by atoms with Crippen LogP contribution in [0.2, 0.25) is 5.15 Å². The van der Waals surface area contributed by atoms with Crippen molar-refractivity contribution in [3.63, 3.8) is 0 Å². The second-order valence-electron chi connectivity index (χ2n) is 3.88. The monoisotopic (exact) mass is 258 g/mol. The normalized spacial score (nSPS) is 17.4. The highest BCUT2D eigenvalue weighted by molar-refractivity contribution is 8.00. The number of thioether (sulfide) groups is 1. The van der Waals surface area contributed by atoms with E-state index in [2.05, 4.69) is 9.97 Å². The van der Waals surface area contributed by atoms with E-state index in [1.54, 1.807) is 18.9 Å². The third-order valence-electron chi connectivity index (χ3n) is 2.76. The zero-order valence-corrected chi connectivity index (χ0v) is 10.9. The second kappa shape index (κ2) is 5.73. The minimum absolute atomic E-state index is 0.399. The summed E-state index contributed by atoms with van der Waals surface area (Å²) in [5.41, 5.74) is 0. The molecule has 1 aromatic heterocycles. The standard InChI is InChI=1S/C11H15ClN2OS/c1-15-9-10(12)13-7-14-11(9)16-8-5-3-2-4-6-8/h7-8H,2-6H2,1H3. The molecule has 0 aromatic carbocycles. The van der Waals surface area contributed by atoms with Crippen LogP contribution in [0.4, 0.5) is 0 Å². The van der Waals surface area contributed by atoms with Crippen molar-refractivity contribution in [2.45, 2.75) is 42.4 Å². The minimum atomic E-state index is 0.399. The van der Waals surface area contributed by atoms with Crippen molar-refractivity contribution in [1.82, 2.24) is 9.97 Å². The first-order valence-corrected chi connectivity index (χ1v) is 6.78. The van der Waals surface area contributed by atoms with Crippen molar-refractivity contribution in [2.75, 3.05) is 7.11 Å². The number of hydrogen-bond acceptors (Lipinski definition) is 4. The molecule has 1 heterocycles. The summed E-state index contributed by atoms with van der Waals surface area (Å²) in [5.74, 6) is 0.611. The maximum absolute atomic E-state index is 5.96. The summed E-state index contributed by atoms with van der Waals surface area (Å²) in [6.45, 7) is 0. The van der Waals surface area contributed by atoms with Gasteiger partial charge in [0, 0.05) is 5.25 Å². The van der Waals surface area contributed by atoms with Crippen molar-refractivity contribution in [1.29, 1.82) is 0 Å². The van der Waals surface area contributed by atoms with E-state index in [1.165, 1.54) is 38.4 Å². The first-order chi connectivity index (χ1) is 7.81. The summed E-state index contributed by atoms with van der Waals surface area (Å²) in [6.07, 6.45) is 8.01. The molecule has 16 heavy (non-hydrogen) atoms. The van der Waals surface area contributed by atoms with Gasteiger partial charge in [0.25, 0.3) is 0 Å². The van der Waals surface area contributed by atoms with E-state index in [9.17, 15) is 0 Å². The largest absolute Gasteiger partial charge is 0.491 e. The lowest BCUT2D eigenvalue weighted by Crippen LogP contribution is -2.08. The molecule has 1 aliphatic rings. The first kappa shape index (κ1) is 12.0. The van der Waals surface area contributed by atoms with Crippen LogP contribution in [0.25, 0.3) is 0 Å². The lowest BCUT2D eigenvalue weighted by molar-refractivity contribution is 0.398. The van der Waals surface area contributed by atoms with Gasteiger partial charge in [-0.2, -0.15) is 0 Å². The Labute approximate surface area is 105 Å². The summed E-state index contributed by atoms with van der Waals surface area (Å²) in [4.78, 5) is 8.17.